The maximum atomic E-state index is 12.3. The van der Waals surface area contributed by atoms with E-state index in [0.717, 1.165) is 16.5 Å². The molecule has 3 aromatic carbocycles. The van der Waals surface area contributed by atoms with Crippen LogP contribution >= 0.6 is 0 Å². The molecular weight excluding hydrogens is 326 g/mol. The van der Waals surface area contributed by atoms with Gasteiger partial charge in [-0.05, 0) is 51.0 Å². The molecule has 1 amide bonds. The number of carbonyl (C=O) groups excluding carboxylic acids is 1. The molecule has 0 spiro atoms. The van der Waals surface area contributed by atoms with Crippen LogP contribution in [0.25, 0.3) is 28.2 Å². The third kappa shape index (κ3) is 3.34. The second-order valence-electron chi connectivity index (χ2n) is 5.72. The lowest BCUT2D eigenvalue weighted by atomic mass is 10.1. The Hall–Kier alpha value is -3.80. The minimum atomic E-state index is -0.224. The van der Waals surface area contributed by atoms with E-state index < -0.39 is 0 Å². The van der Waals surface area contributed by atoms with E-state index >= 15 is 0 Å². The van der Waals surface area contributed by atoms with Crippen molar-refractivity contribution in [3.63, 3.8) is 0 Å². The second kappa shape index (κ2) is 6.98. The molecule has 4 aromatic rings. The van der Waals surface area contributed by atoms with Crippen LogP contribution in [0.4, 0.5) is 5.69 Å². The Balaban J connectivity index is 1.53. The van der Waals surface area contributed by atoms with Crippen LogP contribution in [0.2, 0.25) is 0 Å². The topological polar surface area (TPSA) is 83.6 Å². The average molecular weight is 341 g/mol. The second-order valence-corrected chi connectivity index (χ2v) is 5.72. The van der Waals surface area contributed by atoms with Crippen LogP contribution in [0.1, 0.15) is 5.56 Å². The number of benzene rings is 3. The molecule has 0 aliphatic carbocycles. The molecule has 0 saturated heterocycles. The van der Waals surface area contributed by atoms with Gasteiger partial charge in [-0.25, -0.2) is 5.10 Å². The first kappa shape index (κ1) is 15.7. The van der Waals surface area contributed by atoms with Crippen molar-refractivity contribution in [2.75, 3.05) is 5.32 Å². The van der Waals surface area contributed by atoms with Crippen LogP contribution in [0.5, 0.6) is 0 Å². The van der Waals surface area contributed by atoms with Crippen LogP contribution in [0.3, 0.4) is 0 Å². The third-order valence-corrected chi connectivity index (χ3v) is 3.99. The van der Waals surface area contributed by atoms with Crippen molar-refractivity contribution in [1.82, 2.24) is 20.6 Å². The highest BCUT2D eigenvalue weighted by Crippen LogP contribution is 2.24. The van der Waals surface area contributed by atoms with Gasteiger partial charge >= 0.3 is 0 Å². The summed E-state index contributed by atoms with van der Waals surface area (Å²) < 4.78 is 0. The molecule has 6 nitrogen and oxygen atoms in total. The van der Waals surface area contributed by atoms with Crippen molar-refractivity contribution in [3.8, 4) is 11.4 Å². The number of para-hydroxylation sites is 1. The van der Waals surface area contributed by atoms with E-state index in [0.29, 0.717) is 11.5 Å². The lowest BCUT2D eigenvalue weighted by Gasteiger charge is -2.06. The Labute approximate surface area is 149 Å². The van der Waals surface area contributed by atoms with Crippen LogP contribution in [0.15, 0.2) is 72.8 Å². The van der Waals surface area contributed by atoms with Crippen LogP contribution < -0.4 is 5.32 Å². The molecule has 126 valence electrons. The van der Waals surface area contributed by atoms with Gasteiger partial charge in [-0.1, -0.05) is 48.5 Å². The van der Waals surface area contributed by atoms with Gasteiger partial charge in [0.25, 0.3) is 0 Å². The van der Waals surface area contributed by atoms with Crippen LogP contribution in [0, 0.1) is 0 Å². The number of hydrogen-bond donors (Lipinski definition) is 2. The summed E-state index contributed by atoms with van der Waals surface area (Å²) in [6.45, 7) is 0. The van der Waals surface area contributed by atoms with Crippen molar-refractivity contribution < 1.29 is 4.79 Å². The minimum absolute atomic E-state index is 0.224. The number of tetrazole rings is 1. The Morgan fingerprint density at radius 3 is 2.62 bits per heavy atom. The first-order valence-electron chi connectivity index (χ1n) is 8.10. The standard InChI is InChI=1S/C20H15N5O/c26-19(12-10-14-9-11-15-5-1-2-6-16(15)13-14)21-18-8-4-3-7-17(18)20-22-24-25-23-20/h1-13H,(H,21,26)(H,22,23,24,25)/b12-10+. The summed E-state index contributed by atoms with van der Waals surface area (Å²) in [5.74, 6) is 0.275. The van der Waals surface area contributed by atoms with Gasteiger partial charge in [0.15, 0.2) is 5.82 Å². The molecule has 1 aromatic heterocycles. The fourth-order valence-corrected chi connectivity index (χ4v) is 2.73. The quantitative estimate of drug-likeness (QED) is 0.555. The van der Waals surface area contributed by atoms with Crippen LogP contribution in [-0.2, 0) is 4.79 Å². The van der Waals surface area contributed by atoms with E-state index in [9.17, 15) is 4.79 Å². The molecule has 4 rings (SSSR count). The summed E-state index contributed by atoms with van der Waals surface area (Å²) in [5, 5.41) is 18.9. The van der Waals surface area contributed by atoms with Gasteiger partial charge in [-0.2, -0.15) is 0 Å². The molecule has 0 atom stereocenters. The summed E-state index contributed by atoms with van der Waals surface area (Å²) >= 11 is 0. The van der Waals surface area contributed by atoms with Crippen molar-refractivity contribution >= 4 is 28.4 Å². The summed E-state index contributed by atoms with van der Waals surface area (Å²) in [5.41, 5.74) is 2.33. The molecule has 0 saturated carbocycles. The third-order valence-electron chi connectivity index (χ3n) is 3.99. The van der Waals surface area contributed by atoms with Gasteiger partial charge in [0, 0.05) is 11.6 Å². The smallest absolute Gasteiger partial charge is 0.248 e. The number of anilines is 1. The molecule has 0 bridgehead atoms. The van der Waals surface area contributed by atoms with E-state index in [1.807, 2.05) is 48.5 Å². The summed E-state index contributed by atoms with van der Waals surface area (Å²) in [6.07, 6.45) is 3.31. The molecule has 0 radical (unpaired) electrons. The van der Waals surface area contributed by atoms with Crippen LogP contribution in [-0.4, -0.2) is 26.5 Å². The van der Waals surface area contributed by atoms with Gasteiger partial charge in [-0.15, -0.1) is 5.10 Å². The number of H-pyrrole nitrogens is 1. The first-order valence-corrected chi connectivity index (χ1v) is 8.10. The zero-order valence-corrected chi connectivity index (χ0v) is 13.8. The predicted molar refractivity (Wildman–Crippen MR) is 101 cm³/mol. The van der Waals surface area contributed by atoms with Crippen molar-refractivity contribution in [1.29, 1.82) is 0 Å². The number of rotatable bonds is 4. The van der Waals surface area contributed by atoms with E-state index in [1.165, 1.54) is 11.5 Å². The number of fused-ring (bicyclic) bond motifs is 1. The lowest BCUT2D eigenvalue weighted by Crippen LogP contribution is -2.09. The Bertz CT molecular complexity index is 1090. The highest BCUT2D eigenvalue weighted by Gasteiger charge is 2.09. The molecule has 6 heteroatoms. The maximum Gasteiger partial charge on any atom is 0.248 e. The van der Waals surface area contributed by atoms with E-state index in [4.69, 9.17) is 0 Å². The number of aromatic nitrogens is 4. The number of carbonyl (C=O) groups is 1. The van der Waals surface area contributed by atoms with Gasteiger partial charge in [0.05, 0.1) is 5.69 Å². The van der Waals surface area contributed by atoms with Gasteiger partial charge in [0.2, 0.25) is 5.91 Å². The summed E-state index contributed by atoms with van der Waals surface area (Å²) in [4.78, 5) is 12.3. The van der Waals surface area contributed by atoms with Crippen molar-refractivity contribution in [2.24, 2.45) is 0 Å². The highest BCUT2D eigenvalue weighted by atomic mass is 16.1. The highest BCUT2D eigenvalue weighted by molar-refractivity contribution is 6.04. The fraction of sp³-hybridized carbons (Fsp3) is 0. The first-order chi connectivity index (χ1) is 12.8. The van der Waals surface area contributed by atoms with E-state index in [1.54, 1.807) is 12.1 Å². The number of amides is 1. The molecule has 0 aliphatic rings. The number of nitrogens with one attached hydrogen (secondary N) is 2. The summed E-state index contributed by atoms with van der Waals surface area (Å²) in [7, 11) is 0. The molecular formula is C20H15N5O. The van der Waals surface area contributed by atoms with Crippen molar-refractivity contribution in [3.05, 3.63) is 78.4 Å². The molecule has 0 unspecified atom stereocenters. The van der Waals surface area contributed by atoms with E-state index in [-0.39, 0.29) is 5.91 Å². The average Bonchev–Trinajstić information content (AvgIpc) is 3.21. The number of aromatic amines is 1. The van der Waals surface area contributed by atoms with Gasteiger partial charge < -0.3 is 5.32 Å². The molecule has 1 heterocycles. The number of nitrogens with zero attached hydrogens (tertiary/aromatic N) is 3. The zero-order valence-electron chi connectivity index (χ0n) is 13.8. The zero-order chi connectivity index (χ0) is 17.8. The predicted octanol–water partition coefficient (Wildman–Crippen LogP) is 3.67. The Morgan fingerprint density at radius 1 is 0.962 bits per heavy atom. The Kier molecular flexibility index (Phi) is 4.22. The molecule has 2 N–H and O–H groups in total. The summed E-state index contributed by atoms with van der Waals surface area (Å²) in [6, 6.07) is 21.5. The SMILES string of the molecule is O=C(/C=C/c1ccc2ccccc2c1)Nc1ccccc1-c1nnn[nH]1. The largest absolute Gasteiger partial charge is 0.322 e. The lowest BCUT2D eigenvalue weighted by molar-refractivity contribution is -0.111. The molecule has 0 fully saturated rings. The fourth-order valence-electron chi connectivity index (χ4n) is 2.73. The van der Waals surface area contributed by atoms with Gasteiger partial charge in [0.1, 0.15) is 0 Å². The normalized spacial score (nSPS) is 11.1. The molecule has 26 heavy (non-hydrogen) atoms. The van der Waals surface area contributed by atoms with E-state index in [2.05, 4.69) is 38.1 Å². The monoisotopic (exact) mass is 341 g/mol. The molecule has 0 aliphatic heterocycles. The maximum absolute atomic E-state index is 12.3. The minimum Gasteiger partial charge on any atom is -0.322 e. The van der Waals surface area contributed by atoms with Crippen molar-refractivity contribution in [2.45, 2.75) is 0 Å². The van der Waals surface area contributed by atoms with Gasteiger partial charge in [-0.3, -0.25) is 4.79 Å². The Morgan fingerprint density at radius 2 is 1.77 bits per heavy atom. The number of hydrogen-bond acceptors (Lipinski definition) is 4.